The third-order valence-corrected chi connectivity index (χ3v) is 2.02. The first-order chi connectivity index (χ1) is 7.81. The van der Waals surface area contributed by atoms with Crippen molar-refractivity contribution in [3.63, 3.8) is 0 Å². The Morgan fingerprint density at radius 3 is 2.62 bits per heavy atom. The van der Waals surface area contributed by atoms with Gasteiger partial charge in [-0.15, -0.1) is 0 Å². The van der Waals surface area contributed by atoms with E-state index >= 15 is 0 Å². The molecule has 0 aliphatic rings. The molecule has 0 saturated carbocycles. The Morgan fingerprint density at radius 2 is 2.00 bits per heavy atom. The maximum absolute atomic E-state index is 5.51. The largest absolute Gasteiger partial charge is 0.490 e. The van der Waals surface area contributed by atoms with Crippen molar-refractivity contribution in [1.82, 2.24) is 5.32 Å². The van der Waals surface area contributed by atoms with Crippen LogP contribution < -0.4 is 14.8 Å². The average Bonchev–Trinajstić information content (AvgIpc) is 2.29. The molecule has 0 aliphatic carbocycles. The summed E-state index contributed by atoms with van der Waals surface area (Å²) in [6, 6.07) is 5.88. The summed E-state index contributed by atoms with van der Waals surface area (Å²) in [5.41, 5.74) is 1.16. The SMILES string of the molecule is CCOc1cc(CNC)ccc1OCOC. The first kappa shape index (κ1) is 12.8. The Labute approximate surface area is 96.5 Å². The van der Waals surface area contributed by atoms with Gasteiger partial charge in [-0.05, 0) is 31.7 Å². The van der Waals surface area contributed by atoms with E-state index in [1.54, 1.807) is 7.11 Å². The van der Waals surface area contributed by atoms with Crippen molar-refractivity contribution in [3.05, 3.63) is 23.8 Å². The molecule has 0 saturated heterocycles. The second kappa shape index (κ2) is 7.09. The molecule has 0 aromatic heterocycles. The van der Waals surface area contributed by atoms with Crippen molar-refractivity contribution in [2.45, 2.75) is 13.5 Å². The van der Waals surface area contributed by atoms with Crippen LogP contribution in [0.15, 0.2) is 18.2 Å². The van der Waals surface area contributed by atoms with E-state index in [0.717, 1.165) is 17.9 Å². The van der Waals surface area contributed by atoms with Gasteiger partial charge in [-0.2, -0.15) is 0 Å². The molecule has 1 aromatic carbocycles. The minimum Gasteiger partial charge on any atom is -0.490 e. The summed E-state index contributed by atoms with van der Waals surface area (Å²) in [4.78, 5) is 0. The van der Waals surface area contributed by atoms with Gasteiger partial charge in [-0.1, -0.05) is 6.07 Å². The molecule has 0 unspecified atom stereocenters. The zero-order valence-electron chi connectivity index (χ0n) is 10.1. The monoisotopic (exact) mass is 225 g/mol. The third kappa shape index (κ3) is 3.72. The molecule has 1 rings (SSSR count). The lowest BCUT2D eigenvalue weighted by Crippen LogP contribution is -2.06. The highest BCUT2D eigenvalue weighted by atomic mass is 16.7. The number of ether oxygens (including phenoxy) is 3. The van der Waals surface area contributed by atoms with E-state index in [1.165, 1.54) is 0 Å². The van der Waals surface area contributed by atoms with Crippen LogP contribution in [0.4, 0.5) is 0 Å². The highest BCUT2D eigenvalue weighted by molar-refractivity contribution is 5.42. The fourth-order valence-electron chi connectivity index (χ4n) is 1.38. The van der Waals surface area contributed by atoms with E-state index in [-0.39, 0.29) is 6.79 Å². The van der Waals surface area contributed by atoms with E-state index in [4.69, 9.17) is 14.2 Å². The minimum atomic E-state index is 0.228. The summed E-state index contributed by atoms with van der Waals surface area (Å²) in [6.45, 7) is 3.60. The fourth-order valence-corrected chi connectivity index (χ4v) is 1.38. The van der Waals surface area contributed by atoms with Gasteiger partial charge >= 0.3 is 0 Å². The number of hydrogen-bond acceptors (Lipinski definition) is 4. The molecule has 0 aliphatic heterocycles. The normalized spacial score (nSPS) is 10.2. The molecule has 0 heterocycles. The highest BCUT2D eigenvalue weighted by Gasteiger charge is 2.05. The summed E-state index contributed by atoms with van der Waals surface area (Å²) >= 11 is 0. The third-order valence-electron chi connectivity index (χ3n) is 2.02. The molecule has 0 amide bonds. The zero-order valence-corrected chi connectivity index (χ0v) is 10.1. The molecule has 4 nitrogen and oxygen atoms in total. The van der Waals surface area contributed by atoms with Crippen molar-refractivity contribution in [1.29, 1.82) is 0 Å². The van der Waals surface area contributed by atoms with E-state index in [1.807, 2.05) is 32.2 Å². The number of nitrogens with one attached hydrogen (secondary N) is 1. The average molecular weight is 225 g/mol. The number of benzene rings is 1. The Hall–Kier alpha value is -1.26. The predicted molar refractivity (Wildman–Crippen MR) is 62.9 cm³/mol. The summed E-state index contributed by atoms with van der Waals surface area (Å²) in [6.07, 6.45) is 0. The van der Waals surface area contributed by atoms with Crippen molar-refractivity contribution >= 4 is 0 Å². The van der Waals surface area contributed by atoms with Crippen molar-refractivity contribution in [2.75, 3.05) is 27.6 Å². The lowest BCUT2D eigenvalue weighted by Gasteiger charge is -2.12. The van der Waals surface area contributed by atoms with Crippen molar-refractivity contribution < 1.29 is 14.2 Å². The van der Waals surface area contributed by atoms with Crippen LogP contribution in [0.25, 0.3) is 0 Å². The summed E-state index contributed by atoms with van der Waals surface area (Å²) in [5.74, 6) is 1.47. The summed E-state index contributed by atoms with van der Waals surface area (Å²) in [7, 11) is 3.51. The highest BCUT2D eigenvalue weighted by Crippen LogP contribution is 2.28. The van der Waals surface area contributed by atoms with Gasteiger partial charge in [0.25, 0.3) is 0 Å². The second-order valence-corrected chi connectivity index (χ2v) is 3.30. The molecule has 16 heavy (non-hydrogen) atoms. The van der Waals surface area contributed by atoms with Crippen molar-refractivity contribution in [2.24, 2.45) is 0 Å². The standard InChI is InChI=1S/C12H19NO3/c1-4-15-12-7-10(8-13-2)5-6-11(12)16-9-14-3/h5-7,13H,4,8-9H2,1-3H3. The molecule has 0 radical (unpaired) electrons. The van der Waals surface area contributed by atoms with Crippen LogP contribution in [0.5, 0.6) is 11.5 Å². The Morgan fingerprint density at radius 1 is 1.19 bits per heavy atom. The molecule has 0 fully saturated rings. The predicted octanol–water partition coefficient (Wildman–Crippen LogP) is 1.79. The molecular formula is C12H19NO3. The maximum Gasteiger partial charge on any atom is 0.188 e. The number of methoxy groups -OCH3 is 1. The first-order valence-electron chi connectivity index (χ1n) is 5.33. The van der Waals surface area contributed by atoms with Gasteiger partial charge < -0.3 is 19.5 Å². The molecule has 1 N–H and O–H groups in total. The van der Waals surface area contributed by atoms with Gasteiger partial charge in [-0.25, -0.2) is 0 Å². The summed E-state index contributed by atoms with van der Waals surface area (Å²) < 4.78 is 15.8. The van der Waals surface area contributed by atoms with Crippen LogP contribution in [-0.2, 0) is 11.3 Å². The van der Waals surface area contributed by atoms with E-state index in [9.17, 15) is 0 Å². The van der Waals surface area contributed by atoms with Gasteiger partial charge in [0.1, 0.15) is 0 Å². The van der Waals surface area contributed by atoms with Crippen LogP contribution >= 0.6 is 0 Å². The smallest absolute Gasteiger partial charge is 0.188 e. The van der Waals surface area contributed by atoms with Crippen molar-refractivity contribution in [3.8, 4) is 11.5 Å². The van der Waals surface area contributed by atoms with Crippen LogP contribution in [0.2, 0.25) is 0 Å². The number of rotatable bonds is 7. The zero-order chi connectivity index (χ0) is 11.8. The van der Waals surface area contributed by atoms with Gasteiger partial charge in [-0.3, -0.25) is 0 Å². The second-order valence-electron chi connectivity index (χ2n) is 3.30. The van der Waals surface area contributed by atoms with E-state index in [0.29, 0.717) is 12.4 Å². The van der Waals surface area contributed by atoms with Crippen LogP contribution in [0.1, 0.15) is 12.5 Å². The van der Waals surface area contributed by atoms with Crippen LogP contribution in [0, 0.1) is 0 Å². The van der Waals surface area contributed by atoms with Gasteiger partial charge in [0.15, 0.2) is 18.3 Å². The Kier molecular flexibility index (Phi) is 5.67. The van der Waals surface area contributed by atoms with Gasteiger partial charge in [0.2, 0.25) is 0 Å². The van der Waals surface area contributed by atoms with Gasteiger partial charge in [0.05, 0.1) is 6.61 Å². The van der Waals surface area contributed by atoms with Crippen LogP contribution in [-0.4, -0.2) is 27.6 Å². The topological polar surface area (TPSA) is 39.7 Å². The molecule has 1 aromatic rings. The Balaban J connectivity index is 2.80. The quantitative estimate of drug-likeness (QED) is 0.718. The molecular weight excluding hydrogens is 206 g/mol. The number of hydrogen-bond donors (Lipinski definition) is 1. The van der Waals surface area contributed by atoms with Crippen LogP contribution in [0.3, 0.4) is 0 Å². The minimum absolute atomic E-state index is 0.228. The molecule has 90 valence electrons. The lowest BCUT2D eigenvalue weighted by molar-refractivity contribution is 0.0487. The molecule has 0 spiro atoms. The van der Waals surface area contributed by atoms with Gasteiger partial charge in [0, 0.05) is 13.7 Å². The maximum atomic E-state index is 5.51. The van der Waals surface area contributed by atoms with E-state index in [2.05, 4.69) is 5.32 Å². The molecule has 4 heteroatoms. The molecule has 0 bridgehead atoms. The first-order valence-corrected chi connectivity index (χ1v) is 5.33. The molecule has 0 atom stereocenters. The summed E-state index contributed by atoms with van der Waals surface area (Å²) in [5, 5.41) is 3.09. The fraction of sp³-hybridized carbons (Fsp3) is 0.500. The lowest BCUT2D eigenvalue weighted by atomic mass is 10.2. The Bertz CT molecular complexity index is 315. The van der Waals surface area contributed by atoms with E-state index < -0.39 is 0 Å².